The van der Waals surface area contributed by atoms with Crippen LogP contribution in [0.1, 0.15) is 36.7 Å². The third-order valence-corrected chi connectivity index (χ3v) is 4.48. The van der Waals surface area contributed by atoms with Gasteiger partial charge in [0.25, 0.3) is 5.91 Å². The normalized spacial score (nSPS) is 14.4. The van der Waals surface area contributed by atoms with E-state index in [2.05, 4.69) is 20.2 Å². The molecule has 0 aliphatic carbocycles. The number of aromatic nitrogens is 2. The summed E-state index contributed by atoms with van der Waals surface area (Å²) in [6.45, 7) is 10.2. The Morgan fingerprint density at radius 3 is 2.67 bits per heavy atom. The zero-order valence-corrected chi connectivity index (χ0v) is 17.9. The first-order chi connectivity index (χ1) is 14.4. The number of hydrogen-bond acceptors (Lipinski definition) is 7. The monoisotopic (exact) mass is 414 g/mol. The predicted octanol–water partition coefficient (Wildman–Crippen LogP) is 2.44. The minimum absolute atomic E-state index is 0.193. The Hall–Kier alpha value is -2.71. The van der Waals surface area contributed by atoms with Crippen molar-refractivity contribution in [3.8, 4) is 5.88 Å². The molecule has 1 saturated heterocycles. The molecular weight excluding hydrogens is 384 g/mol. The Morgan fingerprint density at radius 2 is 1.97 bits per heavy atom. The second-order valence-electron chi connectivity index (χ2n) is 7.96. The molecule has 1 amide bonds. The van der Waals surface area contributed by atoms with E-state index in [0.717, 1.165) is 24.5 Å². The van der Waals surface area contributed by atoms with Crippen molar-refractivity contribution >= 4 is 11.7 Å². The number of carbonyl (C=O) groups is 1. The minimum atomic E-state index is -0.200. The van der Waals surface area contributed by atoms with E-state index in [4.69, 9.17) is 14.2 Å². The van der Waals surface area contributed by atoms with Gasteiger partial charge in [-0.15, -0.1) is 0 Å². The zero-order valence-electron chi connectivity index (χ0n) is 17.9. The van der Waals surface area contributed by atoms with Crippen LogP contribution in [-0.2, 0) is 16.0 Å². The molecule has 0 radical (unpaired) electrons. The Morgan fingerprint density at radius 1 is 1.17 bits per heavy atom. The van der Waals surface area contributed by atoms with E-state index in [1.807, 2.05) is 32.9 Å². The summed E-state index contributed by atoms with van der Waals surface area (Å²) in [5.41, 5.74) is 1.25. The van der Waals surface area contributed by atoms with E-state index in [1.54, 1.807) is 18.3 Å². The van der Waals surface area contributed by atoms with Gasteiger partial charge in [-0.2, -0.15) is 0 Å². The fourth-order valence-corrected chi connectivity index (χ4v) is 3.00. The van der Waals surface area contributed by atoms with Crippen LogP contribution >= 0.6 is 0 Å². The maximum Gasteiger partial charge on any atom is 0.253 e. The number of anilines is 1. The van der Waals surface area contributed by atoms with Crippen LogP contribution in [0.15, 0.2) is 36.7 Å². The lowest BCUT2D eigenvalue weighted by Crippen LogP contribution is -2.37. The van der Waals surface area contributed by atoms with Crippen molar-refractivity contribution in [3.63, 3.8) is 0 Å². The molecule has 1 aliphatic rings. The van der Waals surface area contributed by atoms with Crippen LogP contribution in [0.3, 0.4) is 0 Å². The van der Waals surface area contributed by atoms with Crippen molar-refractivity contribution in [1.82, 2.24) is 15.3 Å². The highest BCUT2D eigenvalue weighted by molar-refractivity contribution is 5.93. The summed E-state index contributed by atoms with van der Waals surface area (Å²) >= 11 is 0. The fraction of sp³-hybridized carbons (Fsp3) is 0.500. The number of pyridine rings is 2. The molecule has 1 aliphatic heterocycles. The van der Waals surface area contributed by atoms with E-state index < -0.39 is 0 Å². The number of rotatable bonds is 8. The Kier molecular flexibility index (Phi) is 7.59. The van der Waals surface area contributed by atoms with Crippen molar-refractivity contribution in [2.24, 2.45) is 0 Å². The van der Waals surface area contributed by atoms with Gasteiger partial charge in [-0.05, 0) is 32.9 Å². The lowest BCUT2D eigenvalue weighted by Gasteiger charge is -2.29. The Labute approximate surface area is 177 Å². The smallest absolute Gasteiger partial charge is 0.253 e. The van der Waals surface area contributed by atoms with Gasteiger partial charge in [-0.3, -0.25) is 4.79 Å². The zero-order chi connectivity index (χ0) is 21.4. The molecule has 0 unspecified atom stereocenters. The van der Waals surface area contributed by atoms with Gasteiger partial charge in [-0.25, -0.2) is 9.97 Å². The van der Waals surface area contributed by atoms with Crippen LogP contribution in [0.25, 0.3) is 0 Å². The summed E-state index contributed by atoms with van der Waals surface area (Å²) in [6.07, 6.45) is 3.28. The fourth-order valence-electron chi connectivity index (χ4n) is 3.00. The van der Waals surface area contributed by atoms with Gasteiger partial charge in [0.05, 0.1) is 31.0 Å². The third kappa shape index (κ3) is 6.67. The topological polar surface area (TPSA) is 85.8 Å². The van der Waals surface area contributed by atoms with E-state index in [9.17, 15) is 4.79 Å². The lowest BCUT2D eigenvalue weighted by atomic mass is 10.2. The molecule has 3 rings (SSSR count). The van der Waals surface area contributed by atoms with Gasteiger partial charge in [0, 0.05) is 43.7 Å². The predicted molar refractivity (Wildman–Crippen MR) is 114 cm³/mol. The molecule has 2 aromatic rings. The highest BCUT2D eigenvalue weighted by Gasteiger charge is 2.16. The molecule has 0 spiro atoms. The maximum atomic E-state index is 12.5. The van der Waals surface area contributed by atoms with Crippen molar-refractivity contribution in [2.45, 2.75) is 32.9 Å². The second kappa shape index (κ2) is 10.4. The molecule has 3 heterocycles. The van der Waals surface area contributed by atoms with Gasteiger partial charge in [-0.1, -0.05) is 6.07 Å². The van der Waals surface area contributed by atoms with Gasteiger partial charge in [0.2, 0.25) is 5.88 Å². The Bertz CT molecular complexity index is 815. The van der Waals surface area contributed by atoms with Crippen LogP contribution in [0.4, 0.5) is 5.82 Å². The van der Waals surface area contributed by atoms with Gasteiger partial charge >= 0.3 is 0 Å². The number of nitrogens with one attached hydrogen (secondary N) is 1. The molecule has 0 saturated carbocycles. The second-order valence-corrected chi connectivity index (χ2v) is 7.96. The van der Waals surface area contributed by atoms with E-state index in [1.165, 1.54) is 6.20 Å². The number of hydrogen-bond donors (Lipinski definition) is 1. The molecule has 8 heteroatoms. The van der Waals surface area contributed by atoms with Crippen LogP contribution in [-0.4, -0.2) is 61.0 Å². The Balaban J connectivity index is 1.51. The number of nitrogens with zero attached hydrogens (tertiary/aromatic N) is 3. The number of ether oxygens (including phenoxy) is 3. The van der Waals surface area contributed by atoms with Crippen LogP contribution in [0, 0.1) is 0 Å². The highest BCUT2D eigenvalue weighted by atomic mass is 16.5. The quantitative estimate of drug-likeness (QED) is 0.664. The number of carbonyl (C=O) groups excluding carboxylic acids is 1. The average Bonchev–Trinajstić information content (AvgIpc) is 2.76. The molecule has 0 atom stereocenters. The molecule has 1 fully saturated rings. The van der Waals surface area contributed by atoms with Crippen molar-refractivity contribution < 1.29 is 19.0 Å². The first-order valence-corrected chi connectivity index (χ1v) is 10.2. The summed E-state index contributed by atoms with van der Waals surface area (Å²) < 4.78 is 16.6. The third-order valence-electron chi connectivity index (χ3n) is 4.48. The molecule has 1 N–H and O–H groups in total. The molecule has 30 heavy (non-hydrogen) atoms. The van der Waals surface area contributed by atoms with Crippen LogP contribution in [0.5, 0.6) is 5.88 Å². The summed E-state index contributed by atoms with van der Waals surface area (Å²) in [7, 11) is 0. The lowest BCUT2D eigenvalue weighted by molar-refractivity contribution is -0.0168. The van der Waals surface area contributed by atoms with E-state index in [-0.39, 0.29) is 11.5 Å². The summed E-state index contributed by atoms with van der Waals surface area (Å²) in [5.74, 6) is 1.16. The van der Waals surface area contributed by atoms with Gasteiger partial charge in [0.1, 0.15) is 12.4 Å². The largest absolute Gasteiger partial charge is 0.475 e. The molecule has 0 aromatic carbocycles. The summed E-state index contributed by atoms with van der Waals surface area (Å²) in [5, 5.41) is 2.95. The van der Waals surface area contributed by atoms with E-state index in [0.29, 0.717) is 44.4 Å². The highest BCUT2D eigenvalue weighted by Crippen LogP contribution is 2.18. The first-order valence-electron chi connectivity index (χ1n) is 10.2. The average molecular weight is 415 g/mol. The van der Waals surface area contributed by atoms with Crippen molar-refractivity contribution in [3.05, 3.63) is 47.8 Å². The van der Waals surface area contributed by atoms with Gasteiger partial charge < -0.3 is 24.4 Å². The van der Waals surface area contributed by atoms with Crippen molar-refractivity contribution in [2.75, 3.05) is 44.4 Å². The molecule has 0 bridgehead atoms. The molecule has 2 aromatic heterocycles. The van der Waals surface area contributed by atoms with Crippen LogP contribution < -0.4 is 15.0 Å². The van der Waals surface area contributed by atoms with E-state index >= 15 is 0 Å². The number of morpholine rings is 1. The number of amides is 1. The SMILES string of the molecule is CC(C)(C)OCCOc1ccc(C(=O)NCc2cccnc2N2CCOCC2)cn1. The standard InChI is InChI=1S/C22H30N4O4/c1-22(2,3)30-14-13-29-19-7-6-18(16-24-19)21(27)25-15-17-5-4-8-23-20(17)26-9-11-28-12-10-26/h4-8,16H,9-15H2,1-3H3,(H,25,27). The minimum Gasteiger partial charge on any atom is -0.475 e. The first kappa shape index (κ1) is 22.0. The molecule has 162 valence electrons. The maximum absolute atomic E-state index is 12.5. The molecular formula is C22H30N4O4. The van der Waals surface area contributed by atoms with Gasteiger partial charge in [0.15, 0.2) is 0 Å². The van der Waals surface area contributed by atoms with Crippen molar-refractivity contribution in [1.29, 1.82) is 0 Å². The summed E-state index contributed by atoms with van der Waals surface area (Å²) in [4.78, 5) is 23.4. The molecule has 8 nitrogen and oxygen atoms in total. The summed E-state index contributed by atoms with van der Waals surface area (Å²) in [6, 6.07) is 7.25. The van der Waals surface area contributed by atoms with Crippen LogP contribution in [0.2, 0.25) is 0 Å².